The van der Waals surface area contributed by atoms with E-state index in [1.165, 1.54) is 17.7 Å². The predicted octanol–water partition coefficient (Wildman–Crippen LogP) is 2.71. The van der Waals surface area contributed by atoms with E-state index in [0.717, 1.165) is 23.9 Å². The van der Waals surface area contributed by atoms with Gasteiger partial charge in [0.25, 0.3) is 0 Å². The van der Waals surface area contributed by atoms with Crippen LogP contribution in [0, 0.1) is 0 Å². The van der Waals surface area contributed by atoms with Gasteiger partial charge in [0.05, 0.1) is 7.11 Å². The van der Waals surface area contributed by atoms with Crippen LogP contribution in [0.5, 0.6) is 5.75 Å². The van der Waals surface area contributed by atoms with Crippen LogP contribution in [0.3, 0.4) is 0 Å². The first-order valence-corrected chi connectivity index (χ1v) is 7.34. The number of nitrogens with zero attached hydrogens (tertiary/aromatic N) is 1. The van der Waals surface area contributed by atoms with Gasteiger partial charge < -0.3 is 10.1 Å². The second kappa shape index (κ2) is 6.69. The Morgan fingerprint density at radius 2 is 2.28 bits per heavy atom. The molecular weight excluding hydrogens is 244 g/mol. The number of thioether (sulfide) groups is 1. The van der Waals surface area contributed by atoms with Crippen LogP contribution in [0.2, 0.25) is 0 Å². The topological polar surface area (TPSA) is 33.6 Å². The lowest BCUT2D eigenvalue weighted by atomic mass is 10.1. The summed E-state index contributed by atoms with van der Waals surface area (Å²) in [6.45, 7) is 3.01. The summed E-state index contributed by atoms with van der Waals surface area (Å²) in [5.41, 5.74) is 1.22. The molecule has 18 heavy (non-hydrogen) atoms. The molecule has 1 fully saturated rings. The van der Waals surface area contributed by atoms with Gasteiger partial charge in [-0.25, -0.2) is 0 Å². The molecule has 1 atom stereocenters. The third-order valence-electron chi connectivity index (χ3n) is 2.99. The summed E-state index contributed by atoms with van der Waals surface area (Å²) in [6.07, 6.45) is 2.14. The zero-order valence-electron chi connectivity index (χ0n) is 11.0. The van der Waals surface area contributed by atoms with Gasteiger partial charge in [0.1, 0.15) is 5.75 Å². The third-order valence-corrected chi connectivity index (χ3v) is 3.95. The molecule has 0 spiro atoms. The number of ether oxygens (including phenoxy) is 1. The van der Waals surface area contributed by atoms with Crippen LogP contribution in [-0.2, 0) is 6.42 Å². The van der Waals surface area contributed by atoms with E-state index in [9.17, 15) is 0 Å². The standard InChI is InChI=1S/C14H20N2OS/c1-11-8-10-18-14(16-11)15-9-7-12-5-3-4-6-13(12)17-2/h3-6,11H,7-10H2,1-2H3,(H,15,16). The molecule has 0 aliphatic carbocycles. The summed E-state index contributed by atoms with van der Waals surface area (Å²) in [5.74, 6) is 2.12. The molecule has 0 amide bonds. The quantitative estimate of drug-likeness (QED) is 0.908. The minimum absolute atomic E-state index is 0.552. The van der Waals surface area contributed by atoms with Crippen molar-refractivity contribution < 1.29 is 4.74 Å². The highest BCUT2D eigenvalue weighted by Gasteiger charge is 2.12. The number of benzene rings is 1. The van der Waals surface area contributed by atoms with Gasteiger partial charge in [-0.05, 0) is 31.4 Å². The van der Waals surface area contributed by atoms with E-state index in [0.29, 0.717) is 6.04 Å². The lowest BCUT2D eigenvalue weighted by molar-refractivity contribution is 0.410. The van der Waals surface area contributed by atoms with E-state index >= 15 is 0 Å². The molecule has 0 bridgehead atoms. The maximum Gasteiger partial charge on any atom is 0.156 e. The van der Waals surface area contributed by atoms with Gasteiger partial charge in [-0.2, -0.15) is 0 Å². The maximum atomic E-state index is 5.34. The highest BCUT2D eigenvalue weighted by molar-refractivity contribution is 8.13. The van der Waals surface area contributed by atoms with Crippen molar-refractivity contribution in [1.82, 2.24) is 5.32 Å². The monoisotopic (exact) mass is 264 g/mol. The van der Waals surface area contributed by atoms with Crippen molar-refractivity contribution >= 4 is 16.9 Å². The number of hydrogen-bond acceptors (Lipinski definition) is 3. The molecule has 1 heterocycles. The van der Waals surface area contributed by atoms with Gasteiger partial charge in [0.2, 0.25) is 0 Å². The summed E-state index contributed by atoms with van der Waals surface area (Å²) in [7, 11) is 1.71. The largest absolute Gasteiger partial charge is 0.496 e. The summed E-state index contributed by atoms with van der Waals surface area (Å²) in [4.78, 5) is 4.62. The number of nitrogens with one attached hydrogen (secondary N) is 1. The van der Waals surface area contributed by atoms with Crippen molar-refractivity contribution in [1.29, 1.82) is 0 Å². The zero-order valence-corrected chi connectivity index (χ0v) is 11.8. The van der Waals surface area contributed by atoms with Crippen LogP contribution in [0.15, 0.2) is 29.3 Å². The van der Waals surface area contributed by atoms with Crippen LogP contribution in [0.25, 0.3) is 0 Å². The van der Waals surface area contributed by atoms with E-state index in [4.69, 9.17) is 4.74 Å². The number of aliphatic imine (C=N–C) groups is 1. The molecular formula is C14H20N2OS. The van der Waals surface area contributed by atoms with Crippen LogP contribution in [0.4, 0.5) is 0 Å². The van der Waals surface area contributed by atoms with Crippen molar-refractivity contribution in [2.24, 2.45) is 4.99 Å². The van der Waals surface area contributed by atoms with E-state index in [-0.39, 0.29) is 0 Å². The molecule has 1 aliphatic rings. The molecule has 1 aliphatic heterocycles. The van der Waals surface area contributed by atoms with E-state index < -0.39 is 0 Å². The average Bonchev–Trinajstić information content (AvgIpc) is 2.39. The van der Waals surface area contributed by atoms with E-state index in [2.05, 4.69) is 23.3 Å². The second-order valence-electron chi connectivity index (χ2n) is 4.43. The Kier molecular flexibility index (Phi) is 4.93. The fourth-order valence-corrected chi connectivity index (χ4v) is 3.07. The van der Waals surface area contributed by atoms with Crippen LogP contribution in [0.1, 0.15) is 18.9 Å². The predicted molar refractivity (Wildman–Crippen MR) is 78.7 cm³/mol. The Balaban J connectivity index is 1.89. The SMILES string of the molecule is COc1ccccc1CCN=C1NC(C)CCS1. The van der Waals surface area contributed by atoms with Gasteiger partial charge in [-0.3, -0.25) is 4.99 Å². The Bertz CT molecular complexity index is 420. The maximum absolute atomic E-state index is 5.34. The molecule has 0 radical (unpaired) electrons. The van der Waals surface area contributed by atoms with Crippen LogP contribution >= 0.6 is 11.8 Å². The van der Waals surface area contributed by atoms with Crippen molar-refractivity contribution in [3.63, 3.8) is 0 Å². The first kappa shape index (κ1) is 13.3. The second-order valence-corrected chi connectivity index (χ2v) is 5.51. The highest BCUT2D eigenvalue weighted by Crippen LogP contribution is 2.18. The number of amidine groups is 1. The van der Waals surface area contributed by atoms with Gasteiger partial charge in [-0.1, -0.05) is 30.0 Å². The van der Waals surface area contributed by atoms with E-state index in [1.54, 1.807) is 7.11 Å². The Hall–Kier alpha value is -1.16. The first-order chi connectivity index (χ1) is 8.79. The number of hydrogen-bond donors (Lipinski definition) is 1. The Labute approximate surface area is 113 Å². The van der Waals surface area contributed by atoms with Crippen molar-refractivity contribution in [2.75, 3.05) is 19.4 Å². The Morgan fingerprint density at radius 1 is 1.44 bits per heavy atom. The molecule has 1 aromatic rings. The van der Waals surface area contributed by atoms with Crippen LogP contribution < -0.4 is 10.1 Å². The molecule has 1 unspecified atom stereocenters. The fourth-order valence-electron chi connectivity index (χ4n) is 1.94. The lowest BCUT2D eigenvalue weighted by Crippen LogP contribution is -2.35. The summed E-state index contributed by atoms with van der Waals surface area (Å²) in [5, 5.41) is 4.50. The number of methoxy groups -OCH3 is 1. The van der Waals surface area contributed by atoms with Gasteiger partial charge in [0.15, 0.2) is 5.17 Å². The highest BCUT2D eigenvalue weighted by atomic mass is 32.2. The van der Waals surface area contributed by atoms with Gasteiger partial charge >= 0.3 is 0 Å². The fraction of sp³-hybridized carbons (Fsp3) is 0.500. The normalized spacial score (nSPS) is 21.7. The molecule has 0 saturated carbocycles. The molecule has 1 N–H and O–H groups in total. The molecule has 1 saturated heterocycles. The Morgan fingerprint density at radius 3 is 3.06 bits per heavy atom. The van der Waals surface area contributed by atoms with Crippen molar-refractivity contribution in [3.05, 3.63) is 29.8 Å². The lowest BCUT2D eigenvalue weighted by Gasteiger charge is -2.21. The third kappa shape index (κ3) is 3.67. The molecule has 1 aromatic carbocycles. The smallest absolute Gasteiger partial charge is 0.156 e. The summed E-state index contributed by atoms with van der Waals surface area (Å²) < 4.78 is 5.34. The molecule has 3 nitrogen and oxygen atoms in total. The first-order valence-electron chi connectivity index (χ1n) is 6.35. The zero-order chi connectivity index (χ0) is 12.8. The molecule has 4 heteroatoms. The van der Waals surface area contributed by atoms with E-state index in [1.807, 2.05) is 30.0 Å². The van der Waals surface area contributed by atoms with Crippen molar-refractivity contribution in [3.8, 4) is 5.75 Å². The number of para-hydroxylation sites is 1. The summed E-state index contributed by atoms with van der Waals surface area (Å²) >= 11 is 1.82. The minimum Gasteiger partial charge on any atom is -0.496 e. The van der Waals surface area contributed by atoms with Crippen molar-refractivity contribution in [2.45, 2.75) is 25.8 Å². The number of rotatable bonds is 4. The minimum atomic E-state index is 0.552. The summed E-state index contributed by atoms with van der Waals surface area (Å²) in [6, 6.07) is 8.69. The molecule has 0 aromatic heterocycles. The molecule has 98 valence electrons. The molecule has 2 rings (SSSR count). The van der Waals surface area contributed by atoms with Gasteiger partial charge in [0, 0.05) is 18.3 Å². The van der Waals surface area contributed by atoms with Gasteiger partial charge in [-0.15, -0.1) is 0 Å². The average molecular weight is 264 g/mol. The van der Waals surface area contributed by atoms with Crippen LogP contribution in [-0.4, -0.2) is 30.6 Å².